The minimum absolute atomic E-state index is 0.836. The number of hydrogen-bond acceptors (Lipinski definition) is 7. The molecule has 0 radical (unpaired) electrons. The van der Waals surface area contributed by atoms with E-state index in [1.807, 2.05) is 55.5 Å². The Morgan fingerprint density at radius 2 is 1.52 bits per heavy atom. The van der Waals surface area contributed by atoms with Crippen LogP contribution in [0.25, 0.3) is 22.3 Å². The summed E-state index contributed by atoms with van der Waals surface area (Å²) in [5.74, 6) is 1.87. The van der Waals surface area contributed by atoms with E-state index in [1.54, 1.807) is 12.4 Å². The molecule has 0 amide bonds. The molecule has 3 aromatic heterocycles. The van der Waals surface area contributed by atoms with Gasteiger partial charge in [-0.05, 0) is 43.3 Å². The molecular weight excluding hydrogens is 362 g/mol. The monoisotopic (exact) mass is 383 g/mol. The van der Waals surface area contributed by atoms with Crippen LogP contribution in [0.3, 0.4) is 0 Å². The van der Waals surface area contributed by atoms with Gasteiger partial charge >= 0.3 is 0 Å². The number of benzene rings is 1. The van der Waals surface area contributed by atoms with Crippen molar-refractivity contribution in [1.82, 2.24) is 25.1 Å². The van der Waals surface area contributed by atoms with Gasteiger partial charge in [0.05, 0.1) is 22.4 Å². The number of hydrogen-bond donors (Lipinski definition) is 0. The lowest BCUT2D eigenvalue weighted by molar-refractivity contribution is 0.636. The van der Waals surface area contributed by atoms with Crippen LogP contribution in [0.4, 0.5) is 11.6 Å². The van der Waals surface area contributed by atoms with Crippen LogP contribution in [0.1, 0.15) is 5.69 Å². The number of fused-ring (bicyclic) bond motifs is 1. The van der Waals surface area contributed by atoms with Crippen molar-refractivity contribution >= 4 is 22.7 Å². The van der Waals surface area contributed by atoms with Crippen molar-refractivity contribution in [2.45, 2.75) is 6.92 Å². The predicted octanol–water partition coefficient (Wildman–Crippen LogP) is 3.12. The zero-order valence-electron chi connectivity index (χ0n) is 16.2. The minimum atomic E-state index is 0.836. The third-order valence-corrected chi connectivity index (χ3v) is 5.23. The third-order valence-electron chi connectivity index (χ3n) is 5.23. The lowest BCUT2D eigenvalue weighted by atomic mass is 10.2. The van der Waals surface area contributed by atoms with Crippen molar-refractivity contribution in [3.8, 4) is 11.3 Å². The van der Waals surface area contributed by atoms with Gasteiger partial charge in [-0.25, -0.2) is 9.97 Å². The van der Waals surface area contributed by atoms with Crippen LogP contribution in [0.15, 0.2) is 60.9 Å². The molecule has 0 aliphatic carbocycles. The molecule has 144 valence electrons. The first-order valence-corrected chi connectivity index (χ1v) is 9.75. The average molecular weight is 383 g/mol. The van der Waals surface area contributed by atoms with Gasteiger partial charge in [0.2, 0.25) is 0 Å². The molecule has 0 N–H and O–H groups in total. The normalized spacial score (nSPS) is 14.4. The second kappa shape index (κ2) is 7.43. The van der Waals surface area contributed by atoms with Gasteiger partial charge in [-0.1, -0.05) is 12.1 Å². The zero-order chi connectivity index (χ0) is 19.6. The molecule has 0 bridgehead atoms. The molecular formula is C22H21N7. The molecule has 0 spiro atoms. The van der Waals surface area contributed by atoms with Gasteiger partial charge in [0.25, 0.3) is 0 Å². The summed E-state index contributed by atoms with van der Waals surface area (Å²) in [6.07, 6.45) is 3.56. The highest BCUT2D eigenvalue weighted by atomic mass is 15.3. The summed E-state index contributed by atoms with van der Waals surface area (Å²) < 4.78 is 0. The first-order chi connectivity index (χ1) is 14.3. The SMILES string of the molecule is Cc1nc2ccccc2nc1N1CCN(c2ccc(-c3cccnc3)nn2)CC1. The zero-order valence-corrected chi connectivity index (χ0v) is 16.2. The highest BCUT2D eigenvalue weighted by Crippen LogP contribution is 2.23. The number of aromatic nitrogens is 5. The molecule has 7 nitrogen and oxygen atoms in total. The molecule has 1 fully saturated rings. The number of para-hydroxylation sites is 2. The Kier molecular flexibility index (Phi) is 4.48. The summed E-state index contributed by atoms with van der Waals surface area (Å²) in [7, 11) is 0. The topological polar surface area (TPSA) is 70.9 Å². The Hall–Kier alpha value is -3.61. The standard InChI is InChI=1S/C22H21N7/c1-16-22(25-20-7-3-2-6-19(20)24-16)29-13-11-28(12-14-29)21-9-8-18(26-27-21)17-5-4-10-23-15-17/h2-10,15H,11-14H2,1H3. The van der Waals surface area contributed by atoms with E-state index < -0.39 is 0 Å². The maximum atomic E-state index is 4.85. The first-order valence-electron chi connectivity index (χ1n) is 9.75. The van der Waals surface area contributed by atoms with E-state index in [4.69, 9.17) is 9.97 Å². The molecule has 4 aromatic rings. The molecule has 0 unspecified atom stereocenters. The maximum Gasteiger partial charge on any atom is 0.151 e. The number of anilines is 2. The Bertz CT molecular complexity index is 1120. The van der Waals surface area contributed by atoms with Crippen molar-refractivity contribution in [2.75, 3.05) is 36.0 Å². The quantitative estimate of drug-likeness (QED) is 0.538. The molecule has 1 aliphatic rings. The van der Waals surface area contributed by atoms with E-state index in [0.717, 1.165) is 65.8 Å². The van der Waals surface area contributed by atoms with Crippen LogP contribution in [-0.2, 0) is 0 Å². The fraction of sp³-hybridized carbons (Fsp3) is 0.227. The first kappa shape index (κ1) is 17.5. The fourth-order valence-electron chi connectivity index (χ4n) is 3.69. The Labute approximate surface area is 169 Å². The van der Waals surface area contributed by atoms with E-state index in [-0.39, 0.29) is 0 Å². The van der Waals surface area contributed by atoms with Gasteiger partial charge in [-0.3, -0.25) is 4.98 Å². The molecule has 1 aromatic carbocycles. The van der Waals surface area contributed by atoms with Crippen molar-refractivity contribution < 1.29 is 0 Å². The Balaban J connectivity index is 1.30. The van der Waals surface area contributed by atoms with Crippen molar-refractivity contribution in [1.29, 1.82) is 0 Å². The van der Waals surface area contributed by atoms with Crippen LogP contribution >= 0.6 is 0 Å². The van der Waals surface area contributed by atoms with Crippen molar-refractivity contribution in [2.24, 2.45) is 0 Å². The molecule has 1 aliphatic heterocycles. The highest BCUT2D eigenvalue weighted by molar-refractivity contribution is 5.76. The summed E-state index contributed by atoms with van der Waals surface area (Å²) in [5, 5.41) is 8.82. The molecule has 7 heteroatoms. The van der Waals surface area contributed by atoms with E-state index in [0.29, 0.717) is 0 Å². The van der Waals surface area contributed by atoms with Crippen LogP contribution in [0.5, 0.6) is 0 Å². The molecule has 29 heavy (non-hydrogen) atoms. The number of pyridine rings is 1. The summed E-state index contributed by atoms with van der Waals surface area (Å²) in [4.78, 5) is 18.3. The molecule has 4 heterocycles. The Morgan fingerprint density at radius 1 is 0.759 bits per heavy atom. The van der Waals surface area contributed by atoms with Gasteiger partial charge in [0.15, 0.2) is 11.6 Å². The van der Waals surface area contributed by atoms with Crippen LogP contribution in [0.2, 0.25) is 0 Å². The second-order valence-electron chi connectivity index (χ2n) is 7.11. The van der Waals surface area contributed by atoms with Crippen molar-refractivity contribution in [3.05, 3.63) is 66.6 Å². The van der Waals surface area contributed by atoms with E-state index >= 15 is 0 Å². The molecule has 5 rings (SSSR count). The van der Waals surface area contributed by atoms with Gasteiger partial charge in [0.1, 0.15) is 0 Å². The van der Waals surface area contributed by atoms with Gasteiger partial charge < -0.3 is 9.80 Å². The summed E-state index contributed by atoms with van der Waals surface area (Å²) >= 11 is 0. The van der Waals surface area contributed by atoms with E-state index in [9.17, 15) is 0 Å². The number of aryl methyl sites for hydroxylation is 1. The highest BCUT2D eigenvalue weighted by Gasteiger charge is 2.21. The summed E-state index contributed by atoms with van der Waals surface area (Å²) in [5.41, 5.74) is 4.66. The smallest absolute Gasteiger partial charge is 0.151 e. The summed E-state index contributed by atoms with van der Waals surface area (Å²) in [6, 6.07) is 15.9. The average Bonchev–Trinajstić information content (AvgIpc) is 2.79. The number of piperazine rings is 1. The van der Waals surface area contributed by atoms with E-state index in [1.165, 1.54) is 0 Å². The van der Waals surface area contributed by atoms with E-state index in [2.05, 4.69) is 25.0 Å². The number of nitrogens with zero attached hydrogens (tertiary/aromatic N) is 7. The molecule has 0 atom stereocenters. The Morgan fingerprint density at radius 3 is 2.21 bits per heavy atom. The van der Waals surface area contributed by atoms with Crippen LogP contribution < -0.4 is 9.80 Å². The maximum absolute atomic E-state index is 4.85. The van der Waals surface area contributed by atoms with Gasteiger partial charge in [-0.15, -0.1) is 10.2 Å². The van der Waals surface area contributed by atoms with Gasteiger partial charge in [0, 0.05) is 44.1 Å². The second-order valence-corrected chi connectivity index (χ2v) is 7.11. The third kappa shape index (κ3) is 3.47. The molecule has 0 saturated carbocycles. The lowest BCUT2D eigenvalue weighted by Crippen LogP contribution is -2.47. The minimum Gasteiger partial charge on any atom is -0.352 e. The summed E-state index contributed by atoms with van der Waals surface area (Å²) in [6.45, 7) is 5.52. The van der Waals surface area contributed by atoms with Gasteiger partial charge in [-0.2, -0.15) is 0 Å². The number of rotatable bonds is 3. The predicted molar refractivity (Wildman–Crippen MR) is 114 cm³/mol. The fourth-order valence-corrected chi connectivity index (χ4v) is 3.69. The van der Waals surface area contributed by atoms with Crippen molar-refractivity contribution in [3.63, 3.8) is 0 Å². The lowest BCUT2D eigenvalue weighted by Gasteiger charge is -2.36. The largest absolute Gasteiger partial charge is 0.352 e. The molecule has 1 saturated heterocycles. The van der Waals surface area contributed by atoms with Crippen LogP contribution in [0, 0.1) is 6.92 Å². The van der Waals surface area contributed by atoms with Crippen LogP contribution in [-0.4, -0.2) is 51.3 Å².